The second-order valence-electron chi connectivity index (χ2n) is 2.52. The van der Waals surface area contributed by atoms with Crippen LogP contribution < -0.4 is 5.56 Å². The molecular formula is C7H6BrN3O. The van der Waals surface area contributed by atoms with E-state index in [4.69, 9.17) is 0 Å². The van der Waals surface area contributed by atoms with Gasteiger partial charge in [-0.15, -0.1) is 0 Å². The number of halogens is 1. The molecule has 0 fully saturated rings. The van der Waals surface area contributed by atoms with Crippen molar-refractivity contribution < 1.29 is 0 Å². The molecule has 0 amide bonds. The van der Waals surface area contributed by atoms with E-state index in [1.54, 1.807) is 16.8 Å². The summed E-state index contributed by atoms with van der Waals surface area (Å²) in [4.78, 5) is 13.8. The van der Waals surface area contributed by atoms with Crippen LogP contribution >= 0.6 is 15.9 Å². The number of H-pyrrole nitrogens is 1. The molecule has 12 heavy (non-hydrogen) atoms. The fourth-order valence-electron chi connectivity index (χ4n) is 1.08. The van der Waals surface area contributed by atoms with Gasteiger partial charge < -0.3 is 4.98 Å². The SMILES string of the molecule is Cc1cc2c(=O)[nH]cc(Br)n2n1. The van der Waals surface area contributed by atoms with Crippen molar-refractivity contribution >= 4 is 21.4 Å². The number of nitrogens with zero attached hydrogens (tertiary/aromatic N) is 2. The Balaban J connectivity index is 3.03. The maximum Gasteiger partial charge on any atom is 0.274 e. The summed E-state index contributed by atoms with van der Waals surface area (Å²) in [5.41, 5.74) is 1.26. The summed E-state index contributed by atoms with van der Waals surface area (Å²) in [7, 11) is 0. The Morgan fingerprint density at radius 3 is 3.08 bits per heavy atom. The minimum Gasteiger partial charge on any atom is -0.325 e. The third-order valence-electron chi connectivity index (χ3n) is 1.59. The van der Waals surface area contributed by atoms with Gasteiger partial charge in [-0.2, -0.15) is 5.10 Å². The average molecular weight is 228 g/mol. The van der Waals surface area contributed by atoms with Crippen molar-refractivity contribution in [2.24, 2.45) is 0 Å². The molecule has 2 rings (SSSR count). The van der Waals surface area contributed by atoms with Crippen molar-refractivity contribution in [3.05, 3.63) is 32.9 Å². The van der Waals surface area contributed by atoms with E-state index in [0.29, 0.717) is 5.52 Å². The molecular weight excluding hydrogens is 222 g/mol. The van der Waals surface area contributed by atoms with Gasteiger partial charge in [0.1, 0.15) is 10.1 Å². The Morgan fingerprint density at radius 1 is 1.67 bits per heavy atom. The highest BCUT2D eigenvalue weighted by Crippen LogP contribution is 2.08. The Morgan fingerprint density at radius 2 is 2.42 bits per heavy atom. The lowest BCUT2D eigenvalue weighted by molar-refractivity contribution is 0.890. The Bertz CT molecular complexity index is 485. The number of aromatic amines is 1. The van der Waals surface area contributed by atoms with Gasteiger partial charge in [-0.1, -0.05) is 0 Å². The number of rotatable bonds is 0. The van der Waals surface area contributed by atoms with Gasteiger partial charge in [0.2, 0.25) is 0 Å². The minimum atomic E-state index is -0.126. The fraction of sp³-hybridized carbons (Fsp3) is 0.143. The van der Waals surface area contributed by atoms with E-state index in [1.807, 2.05) is 6.92 Å². The molecule has 0 aliphatic rings. The molecule has 62 valence electrons. The van der Waals surface area contributed by atoms with E-state index < -0.39 is 0 Å². The highest BCUT2D eigenvalue weighted by atomic mass is 79.9. The molecule has 0 saturated heterocycles. The van der Waals surface area contributed by atoms with Crippen LogP contribution in [0.2, 0.25) is 0 Å². The molecule has 0 aromatic carbocycles. The first-order valence-electron chi connectivity index (χ1n) is 3.42. The topological polar surface area (TPSA) is 50.2 Å². The summed E-state index contributed by atoms with van der Waals surface area (Å²) in [5.74, 6) is 0. The van der Waals surface area contributed by atoms with Crippen LogP contribution in [0.1, 0.15) is 5.69 Å². The molecule has 0 bridgehead atoms. The molecule has 0 aliphatic carbocycles. The van der Waals surface area contributed by atoms with Crippen molar-refractivity contribution in [2.75, 3.05) is 0 Å². The van der Waals surface area contributed by atoms with Gasteiger partial charge in [0.05, 0.1) is 5.69 Å². The second-order valence-corrected chi connectivity index (χ2v) is 3.34. The minimum absolute atomic E-state index is 0.126. The number of aryl methyl sites for hydroxylation is 1. The lowest BCUT2D eigenvalue weighted by Crippen LogP contribution is -2.09. The second kappa shape index (κ2) is 2.45. The Labute approximate surface area is 76.4 Å². The van der Waals surface area contributed by atoms with E-state index in [0.717, 1.165) is 10.3 Å². The van der Waals surface area contributed by atoms with Crippen molar-refractivity contribution in [3.8, 4) is 0 Å². The average Bonchev–Trinajstić information content (AvgIpc) is 2.41. The van der Waals surface area contributed by atoms with E-state index in [1.165, 1.54) is 0 Å². The van der Waals surface area contributed by atoms with Crippen LogP contribution in [0.25, 0.3) is 5.52 Å². The zero-order valence-corrected chi connectivity index (χ0v) is 7.92. The molecule has 0 radical (unpaired) electrons. The van der Waals surface area contributed by atoms with Gasteiger partial charge in [-0.3, -0.25) is 4.79 Å². The van der Waals surface area contributed by atoms with Crippen LogP contribution in [0.3, 0.4) is 0 Å². The number of fused-ring (bicyclic) bond motifs is 1. The van der Waals surface area contributed by atoms with Gasteiger partial charge in [0.25, 0.3) is 5.56 Å². The lowest BCUT2D eigenvalue weighted by atomic mass is 10.4. The van der Waals surface area contributed by atoms with Gasteiger partial charge in [0, 0.05) is 6.20 Å². The molecule has 0 aliphatic heterocycles. The summed E-state index contributed by atoms with van der Waals surface area (Å²) in [6, 6.07) is 1.74. The molecule has 0 spiro atoms. The predicted molar refractivity (Wildman–Crippen MR) is 48.2 cm³/mol. The summed E-state index contributed by atoms with van der Waals surface area (Å²) in [6.45, 7) is 1.85. The van der Waals surface area contributed by atoms with E-state index in [2.05, 4.69) is 26.0 Å². The summed E-state index contributed by atoms with van der Waals surface area (Å²) in [6.07, 6.45) is 1.57. The first kappa shape index (κ1) is 7.54. The maximum atomic E-state index is 11.2. The van der Waals surface area contributed by atoms with E-state index in [9.17, 15) is 4.79 Å². The van der Waals surface area contributed by atoms with Gasteiger partial charge >= 0.3 is 0 Å². The molecule has 1 N–H and O–H groups in total. The fourth-order valence-corrected chi connectivity index (χ4v) is 1.47. The van der Waals surface area contributed by atoms with Crippen LogP contribution in [-0.2, 0) is 0 Å². The highest BCUT2D eigenvalue weighted by Gasteiger charge is 2.03. The maximum absolute atomic E-state index is 11.2. The van der Waals surface area contributed by atoms with E-state index in [-0.39, 0.29) is 5.56 Å². The molecule has 0 saturated carbocycles. The van der Waals surface area contributed by atoms with Crippen molar-refractivity contribution in [3.63, 3.8) is 0 Å². The third-order valence-corrected chi connectivity index (χ3v) is 2.15. The zero-order valence-electron chi connectivity index (χ0n) is 6.34. The van der Waals surface area contributed by atoms with Crippen LogP contribution in [-0.4, -0.2) is 14.6 Å². The molecule has 2 aromatic heterocycles. The molecule has 2 aromatic rings. The highest BCUT2D eigenvalue weighted by molar-refractivity contribution is 9.10. The molecule has 5 heteroatoms. The third kappa shape index (κ3) is 0.972. The lowest BCUT2D eigenvalue weighted by Gasteiger charge is -1.93. The summed E-state index contributed by atoms with van der Waals surface area (Å²) >= 11 is 3.27. The van der Waals surface area contributed by atoms with Crippen LogP contribution in [0.15, 0.2) is 21.7 Å². The van der Waals surface area contributed by atoms with Crippen LogP contribution in [0.5, 0.6) is 0 Å². The summed E-state index contributed by atoms with van der Waals surface area (Å²) < 4.78 is 2.30. The normalized spacial score (nSPS) is 10.8. The molecule has 0 unspecified atom stereocenters. The Kier molecular flexibility index (Phi) is 1.54. The van der Waals surface area contributed by atoms with Gasteiger partial charge in [-0.05, 0) is 28.9 Å². The smallest absolute Gasteiger partial charge is 0.274 e. The molecule has 2 heterocycles. The quantitative estimate of drug-likeness (QED) is 0.733. The van der Waals surface area contributed by atoms with Crippen molar-refractivity contribution in [1.82, 2.24) is 14.6 Å². The zero-order chi connectivity index (χ0) is 8.72. The molecule has 0 atom stereocenters. The monoisotopic (exact) mass is 227 g/mol. The number of hydrogen-bond acceptors (Lipinski definition) is 2. The van der Waals surface area contributed by atoms with E-state index >= 15 is 0 Å². The Hall–Kier alpha value is -1.10. The van der Waals surface area contributed by atoms with Gasteiger partial charge in [-0.25, -0.2) is 4.52 Å². The number of hydrogen-bond donors (Lipinski definition) is 1. The van der Waals surface area contributed by atoms with Gasteiger partial charge in [0.15, 0.2) is 0 Å². The standard InChI is InChI=1S/C7H6BrN3O/c1-4-2-5-7(12)9-3-6(8)11(5)10-4/h2-3H,1H3,(H,9,12). The van der Waals surface area contributed by atoms with Crippen LogP contribution in [0.4, 0.5) is 0 Å². The first-order valence-corrected chi connectivity index (χ1v) is 4.21. The summed E-state index contributed by atoms with van der Waals surface area (Å²) in [5, 5.41) is 4.12. The largest absolute Gasteiger partial charge is 0.325 e. The predicted octanol–water partition coefficient (Wildman–Crippen LogP) is 1.09. The number of nitrogens with one attached hydrogen (secondary N) is 1. The van der Waals surface area contributed by atoms with Crippen molar-refractivity contribution in [2.45, 2.75) is 6.92 Å². The molecule has 4 nitrogen and oxygen atoms in total. The number of aromatic nitrogens is 3. The first-order chi connectivity index (χ1) is 5.68. The van der Waals surface area contributed by atoms with Crippen molar-refractivity contribution in [1.29, 1.82) is 0 Å². The van der Waals surface area contributed by atoms with Crippen LogP contribution in [0, 0.1) is 6.92 Å².